The molecule has 1 aliphatic rings. The molecule has 1 saturated heterocycles. The number of esters is 1. The van der Waals surface area contributed by atoms with Crippen LogP contribution < -0.4 is 0 Å². The maximum Gasteiger partial charge on any atom is 0.335 e. The van der Waals surface area contributed by atoms with E-state index in [-0.39, 0.29) is 12.6 Å². The average molecular weight is 167 g/mol. The summed E-state index contributed by atoms with van der Waals surface area (Å²) in [5.74, 6) is -0.262. The minimum absolute atomic E-state index is 0.262. The molecule has 0 aromatic heterocycles. The molecule has 0 spiro atoms. The summed E-state index contributed by atoms with van der Waals surface area (Å²) in [4.78, 5) is 13.1. The van der Waals surface area contributed by atoms with E-state index < -0.39 is 0 Å². The smallest absolute Gasteiger partial charge is 0.335 e. The third kappa shape index (κ3) is 2.78. The molecule has 12 heavy (non-hydrogen) atoms. The number of ether oxygens (including phenoxy) is 1. The van der Waals surface area contributed by atoms with E-state index in [9.17, 15) is 4.79 Å². The van der Waals surface area contributed by atoms with Crippen molar-refractivity contribution in [3.05, 3.63) is 24.4 Å². The third-order valence-electron chi connectivity index (χ3n) is 1.51. The molecular formula is C9H13NO2. The summed E-state index contributed by atoms with van der Waals surface area (Å²) < 4.78 is 4.83. The summed E-state index contributed by atoms with van der Waals surface area (Å²) in [6, 6.07) is 0. The van der Waals surface area contributed by atoms with Gasteiger partial charge in [0.15, 0.2) is 0 Å². The zero-order chi connectivity index (χ0) is 8.97. The van der Waals surface area contributed by atoms with Gasteiger partial charge in [-0.1, -0.05) is 12.7 Å². The number of hydrogen-bond donors (Lipinski definition) is 0. The predicted octanol–water partition coefficient (Wildman–Crippen LogP) is 0.935. The van der Waals surface area contributed by atoms with Crippen LogP contribution in [-0.2, 0) is 9.53 Å². The zero-order valence-corrected chi connectivity index (χ0v) is 7.25. The van der Waals surface area contributed by atoms with Gasteiger partial charge in [0.25, 0.3) is 0 Å². The Labute approximate surface area is 72.3 Å². The number of carbonyl (C=O) groups is 1. The fraction of sp³-hybridized carbons (Fsp3) is 0.444. The largest absolute Gasteiger partial charge is 0.458 e. The van der Waals surface area contributed by atoms with E-state index in [1.165, 1.54) is 0 Å². The molecule has 3 heteroatoms. The Hall–Kier alpha value is -1.25. The first-order valence-corrected chi connectivity index (χ1v) is 3.94. The van der Waals surface area contributed by atoms with E-state index in [1.807, 2.05) is 11.1 Å². The molecule has 0 atom stereocenters. The normalized spacial score (nSPS) is 15.8. The van der Waals surface area contributed by atoms with Crippen LogP contribution in [-0.4, -0.2) is 30.6 Å². The number of nitrogens with zero attached hydrogens (tertiary/aromatic N) is 1. The second-order valence-electron chi connectivity index (χ2n) is 2.74. The van der Waals surface area contributed by atoms with Gasteiger partial charge in [0, 0.05) is 24.9 Å². The molecule has 1 aliphatic heterocycles. The zero-order valence-electron chi connectivity index (χ0n) is 7.25. The number of carbonyl (C=O) groups excluding carboxylic acids is 1. The van der Waals surface area contributed by atoms with Gasteiger partial charge < -0.3 is 9.64 Å². The molecule has 1 fully saturated rings. The molecule has 0 saturated carbocycles. The maximum atomic E-state index is 11.1. The van der Waals surface area contributed by atoms with Gasteiger partial charge in [-0.15, -0.1) is 0 Å². The summed E-state index contributed by atoms with van der Waals surface area (Å²) in [5, 5.41) is 0. The van der Waals surface area contributed by atoms with E-state index in [0.717, 1.165) is 13.1 Å². The van der Waals surface area contributed by atoms with E-state index in [2.05, 4.69) is 6.58 Å². The average Bonchev–Trinajstić information content (AvgIpc) is 2.83. The Kier molecular flexibility index (Phi) is 2.91. The molecule has 0 radical (unpaired) electrons. The quantitative estimate of drug-likeness (QED) is 0.270. The molecule has 1 heterocycles. The third-order valence-corrected chi connectivity index (χ3v) is 1.51. The summed E-state index contributed by atoms with van der Waals surface area (Å²) in [5.41, 5.74) is 0.648. The van der Waals surface area contributed by atoms with Crippen LogP contribution in [0.2, 0.25) is 0 Å². The lowest BCUT2D eigenvalue weighted by atomic mass is 10.3. The molecular weight excluding hydrogens is 154 g/mol. The van der Waals surface area contributed by atoms with Crippen molar-refractivity contribution in [2.24, 2.45) is 0 Å². The minimum atomic E-state index is -0.262. The van der Waals surface area contributed by atoms with Gasteiger partial charge in [0.2, 0.25) is 0 Å². The fourth-order valence-corrected chi connectivity index (χ4v) is 0.762. The van der Waals surface area contributed by atoms with Gasteiger partial charge in [0.05, 0.1) is 0 Å². The van der Waals surface area contributed by atoms with Gasteiger partial charge in [0.1, 0.15) is 6.61 Å². The molecule has 1 rings (SSSR count). The predicted molar refractivity (Wildman–Crippen MR) is 46.5 cm³/mol. The first-order chi connectivity index (χ1) is 5.74. The van der Waals surface area contributed by atoms with Gasteiger partial charge >= 0.3 is 5.97 Å². The van der Waals surface area contributed by atoms with Gasteiger partial charge in [-0.2, -0.15) is 0 Å². The summed E-state index contributed by atoms with van der Waals surface area (Å²) in [7, 11) is 0. The Bertz CT molecular complexity index is 217. The highest BCUT2D eigenvalue weighted by molar-refractivity contribution is 5.87. The summed E-state index contributed by atoms with van der Waals surface area (Å²) in [6.45, 7) is 7.59. The first-order valence-electron chi connectivity index (χ1n) is 3.94. The highest BCUT2D eigenvalue weighted by atomic mass is 16.5. The molecule has 0 N–H and O–H groups in total. The minimum Gasteiger partial charge on any atom is -0.458 e. The van der Waals surface area contributed by atoms with Gasteiger partial charge in [-0.05, 0) is 6.92 Å². The van der Waals surface area contributed by atoms with Crippen molar-refractivity contribution in [2.45, 2.75) is 6.92 Å². The van der Waals surface area contributed by atoms with Crippen LogP contribution in [0.1, 0.15) is 6.92 Å². The van der Waals surface area contributed by atoms with E-state index >= 15 is 0 Å². The molecule has 0 unspecified atom stereocenters. The van der Waals surface area contributed by atoms with Crippen molar-refractivity contribution >= 4 is 5.97 Å². The molecule has 0 aromatic carbocycles. The Morgan fingerprint density at radius 2 is 2.33 bits per heavy atom. The standard InChI is InChI=1S/C9H13NO2/c1-3-6-12-9(11)8(2)7-10-4-5-10/h3,7H,1,4-6H2,2H3. The van der Waals surface area contributed by atoms with Crippen LogP contribution in [0.15, 0.2) is 24.4 Å². The van der Waals surface area contributed by atoms with Gasteiger partial charge in [-0.25, -0.2) is 4.79 Å². The first kappa shape index (κ1) is 8.84. The molecule has 0 aliphatic carbocycles. The Balaban J connectivity index is 2.33. The van der Waals surface area contributed by atoms with E-state index in [4.69, 9.17) is 4.74 Å². The second kappa shape index (κ2) is 3.95. The number of rotatable bonds is 4. The van der Waals surface area contributed by atoms with Crippen molar-refractivity contribution in [1.82, 2.24) is 4.90 Å². The van der Waals surface area contributed by atoms with Crippen LogP contribution in [0.25, 0.3) is 0 Å². The molecule has 66 valence electrons. The van der Waals surface area contributed by atoms with E-state index in [0.29, 0.717) is 5.57 Å². The summed E-state index contributed by atoms with van der Waals surface area (Å²) in [6.07, 6.45) is 3.38. The Morgan fingerprint density at radius 3 is 2.83 bits per heavy atom. The lowest BCUT2D eigenvalue weighted by molar-refractivity contribution is -0.137. The second-order valence-corrected chi connectivity index (χ2v) is 2.74. The number of hydrogen-bond acceptors (Lipinski definition) is 3. The van der Waals surface area contributed by atoms with Crippen molar-refractivity contribution in [2.75, 3.05) is 19.7 Å². The monoisotopic (exact) mass is 167 g/mol. The van der Waals surface area contributed by atoms with E-state index in [1.54, 1.807) is 13.0 Å². The fourth-order valence-electron chi connectivity index (χ4n) is 0.762. The van der Waals surface area contributed by atoms with Crippen LogP contribution in [0.4, 0.5) is 0 Å². The molecule has 3 nitrogen and oxygen atoms in total. The highest BCUT2D eigenvalue weighted by Crippen LogP contribution is 2.08. The lowest BCUT2D eigenvalue weighted by Gasteiger charge is -2.01. The van der Waals surface area contributed by atoms with Crippen LogP contribution in [0, 0.1) is 0 Å². The topological polar surface area (TPSA) is 29.3 Å². The maximum absolute atomic E-state index is 11.1. The van der Waals surface area contributed by atoms with Crippen molar-refractivity contribution in [3.8, 4) is 0 Å². The highest BCUT2D eigenvalue weighted by Gasteiger charge is 2.15. The lowest BCUT2D eigenvalue weighted by Crippen LogP contribution is -2.06. The SMILES string of the molecule is C=CCOC(=O)C(C)=CN1CC1. The van der Waals surface area contributed by atoms with Crippen LogP contribution in [0.5, 0.6) is 0 Å². The van der Waals surface area contributed by atoms with Crippen molar-refractivity contribution < 1.29 is 9.53 Å². The summed E-state index contributed by atoms with van der Waals surface area (Å²) >= 11 is 0. The van der Waals surface area contributed by atoms with Gasteiger partial charge in [-0.3, -0.25) is 0 Å². The molecule has 0 bridgehead atoms. The van der Waals surface area contributed by atoms with Crippen LogP contribution >= 0.6 is 0 Å². The van der Waals surface area contributed by atoms with Crippen molar-refractivity contribution in [1.29, 1.82) is 0 Å². The molecule has 0 aromatic rings. The Morgan fingerprint density at radius 1 is 1.67 bits per heavy atom. The van der Waals surface area contributed by atoms with Crippen LogP contribution in [0.3, 0.4) is 0 Å². The van der Waals surface area contributed by atoms with Crippen molar-refractivity contribution in [3.63, 3.8) is 0 Å². The molecule has 0 amide bonds.